The van der Waals surface area contributed by atoms with Gasteiger partial charge in [0.1, 0.15) is 18.2 Å². The molecule has 3 rings (SSSR count). The molecule has 5 nitrogen and oxygen atoms in total. The first-order chi connectivity index (χ1) is 14.1. The molecule has 0 spiro atoms. The van der Waals surface area contributed by atoms with E-state index in [2.05, 4.69) is 15.6 Å². The van der Waals surface area contributed by atoms with Crippen LogP contribution in [0.15, 0.2) is 79.0 Å². The van der Waals surface area contributed by atoms with Crippen molar-refractivity contribution in [2.24, 2.45) is 0 Å². The second kappa shape index (κ2) is 10.1. The lowest BCUT2D eigenvalue weighted by atomic mass is 10.2. The summed E-state index contributed by atoms with van der Waals surface area (Å²) in [5, 5.41) is 6.01. The Kier molecular flexibility index (Phi) is 7.00. The fraction of sp³-hybridized carbons (Fsp3) is 0.167. The predicted octanol–water partition coefficient (Wildman–Crippen LogP) is 5.13. The number of benzene rings is 2. The summed E-state index contributed by atoms with van der Waals surface area (Å²) in [6.07, 6.45) is 4.90. The van der Waals surface area contributed by atoms with Crippen LogP contribution in [0.1, 0.15) is 25.0 Å². The first-order valence-corrected chi connectivity index (χ1v) is 9.57. The molecule has 0 aliphatic heterocycles. The Morgan fingerprint density at radius 2 is 1.79 bits per heavy atom. The number of nitrogens with zero attached hydrogens (tertiary/aromatic N) is 1. The third-order valence-electron chi connectivity index (χ3n) is 4.02. The van der Waals surface area contributed by atoms with Crippen molar-refractivity contribution in [1.82, 2.24) is 4.98 Å². The lowest BCUT2D eigenvalue weighted by Gasteiger charge is -2.09. The van der Waals surface area contributed by atoms with E-state index in [1.807, 2.05) is 80.6 Å². The van der Waals surface area contributed by atoms with Crippen LogP contribution in [0.4, 0.5) is 11.5 Å². The lowest BCUT2D eigenvalue weighted by Crippen LogP contribution is -2.12. The number of carbonyl (C=O) groups excluding carboxylic acids is 1. The first kappa shape index (κ1) is 20.1. The highest BCUT2D eigenvalue weighted by atomic mass is 16.5. The number of pyridine rings is 1. The summed E-state index contributed by atoms with van der Waals surface area (Å²) >= 11 is 0. The number of carbonyl (C=O) groups is 1. The van der Waals surface area contributed by atoms with Crippen LogP contribution in [-0.2, 0) is 11.4 Å². The standard InChI is InChI=1S/C24H25N3O2/c1-18(2)26-23-14-11-21(16-25-23)27-24(28)15-10-19-8-12-22(13-9-19)29-17-20-6-4-3-5-7-20/h3-16,18H,17H2,1-2H3,(H,25,26)(H,27,28)/b15-10+. The third kappa shape index (κ3) is 6.81. The topological polar surface area (TPSA) is 63.2 Å². The fourth-order valence-corrected chi connectivity index (χ4v) is 2.62. The van der Waals surface area contributed by atoms with Crippen molar-refractivity contribution < 1.29 is 9.53 Å². The van der Waals surface area contributed by atoms with E-state index in [0.29, 0.717) is 18.3 Å². The number of aromatic nitrogens is 1. The second-order valence-corrected chi connectivity index (χ2v) is 6.90. The molecular formula is C24H25N3O2. The Hall–Kier alpha value is -3.60. The Morgan fingerprint density at radius 1 is 1.03 bits per heavy atom. The molecule has 148 valence electrons. The van der Waals surface area contributed by atoms with Gasteiger partial charge in [-0.2, -0.15) is 0 Å². The largest absolute Gasteiger partial charge is 0.489 e. The zero-order valence-electron chi connectivity index (χ0n) is 16.6. The molecule has 0 atom stereocenters. The maximum Gasteiger partial charge on any atom is 0.248 e. The van der Waals surface area contributed by atoms with Crippen LogP contribution in [0.3, 0.4) is 0 Å². The maximum atomic E-state index is 12.1. The van der Waals surface area contributed by atoms with E-state index in [4.69, 9.17) is 4.74 Å². The molecule has 0 aliphatic rings. The van der Waals surface area contributed by atoms with Gasteiger partial charge in [0.15, 0.2) is 0 Å². The normalized spacial score (nSPS) is 10.9. The molecule has 5 heteroatoms. The molecule has 29 heavy (non-hydrogen) atoms. The van der Waals surface area contributed by atoms with Gasteiger partial charge in [-0.25, -0.2) is 4.98 Å². The molecular weight excluding hydrogens is 362 g/mol. The Labute approximate surface area is 171 Å². The van der Waals surface area contributed by atoms with Crippen molar-refractivity contribution in [1.29, 1.82) is 0 Å². The zero-order valence-corrected chi connectivity index (χ0v) is 16.6. The zero-order chi connectivity index (χ0) is 20.5. The molecule has 0 radical (unpaired) electrons. The van der Waals surface area contributed by atoms with Crippen molar-refractivity contribution in [3.8, 4) is 5.75 Å². The molecule has 2 N–H and O–H groups in total. The van der Waals surface area contributed by atoms with Crippen LogP contribution in [0.5, 0.6) is 5.75 Å². The second-order valence-electron chi connectivity index (χ2n) is 6.90. The molecule has 0 saturated carbocycles. The van der Waals surface area contributed by atoms with Crippen molar-refractivity contribution in [3.63, 3.8) is 0 Å². The van der Waals surface area contributed by atoms with Gasteiger partial charge in [-0.1, -0.05) is 42.5 Å². The molecule has 3 aromatic rings. The molecule has 0 bridgehead atoms. The Morgan fingerprint density at radius 3 is 2.45 bits per heavy atom. The van der Waals surface area contributed by atoms with Crippen LogP contribution in [0.2, 0.25) is 0 Å². The molecule has 1 amide bonds. The summed E-state index contributed by atoms with van der Waals surface area (Å²) in [5.74, 6) is 1.36. The van der Waals surface area contributed by atoms with Gasteiger partial charge >= 0.3 is 0 Å². The van der Waals surface area contributed by atoms with Gasteiger partial charge in [0.25, 0.3) is 0 Å². The van der Waals surface area contributed by atoms with Crippen molar-refractivity contribution in [3.05, 3.63) is 90.1 Å². The molecule has 0 fully saturated rings. The predicted molar refractivity (Wildman–Crippen MR) is 118 cm³/mol. The molecule has 0 saturated heterocycles. The van der Waals surface area contributed by atoms with Gasteiger partial charge < -0.3 is 15.4 Å². The molecule has 1 heterocycles. The van der Waals surface area contributed by atoms with Gasteiger partial charge in [0.2, 0.25) is 5.91 Å². The highest BCUT2D eigenvalue weighted by Crippen LogP contribution is 2.15. The first-order valence-electron chi connectivity index (χ1n) is 9.57. The number of hydrogen-bond acceptors (Lipinski definition) is 4. The van der Waals surface area contributed by atoms with Gasteiger partial charge in [-0.3, -0.25) is 4.79 Å². The summed E-state index contributed by atoms with van der Waals surface area (Å²) in [6, 6.07) is 21.6. The van der Waals surface area contributed by atoms with Crippen molar-refractivity contribution in [2.45, 2.75) is 26.5 Å². The summed E-state index contributed by atoms with van der Waals surface area (Å²) in [5.41, 5.74) is 2.69. The minimum Gasteiger partial charge on any atom is -0.489 e. The van der Waals surface area contributed by atoms with E-state index in [1.165, 1.54) is 6.08 Å². The van der Waals surface area contributed by atoms with E-state index in [1.54, 1.807) is 12.3 Å². The molecule has 1 aromatic heterocycles. The molecule has 2 aromatic carbocycles. The molecule has 0 aliphatic carbocycles. The smallest absolute Gasteiger partial charge is 0.248 e. The average molecular weight is 387 g/mol. The number of nitrogens with one attached hydrogen (secondary N) is 2. The third-order valence-corrected chi connectivity index (χ3v) is 4.02. The highest BCUT2D eigenvalue weighted by Gasteiger charge is 2.01. The summed E-state index contributed by atoms with van der Waals surface area (Å²) in [7, 11) is 0. The Bertz CT molecular complexity index is 934. The van der Waals surface area contributed by atoms with E-state index >= 15 is 0 Å². The van der Waals surface area contributed by atoms with E-state index in [0.717, 1.165) is 22.7 Å². The maximum absolute atomic E-state index is 12.1. The molecule has 0 unspecified atom stereocenters. The van der Waals surface area contributed by atoms with Crippen LogP contribution in [0.25, 0.3) is 6.08 Å². The van der Waals surface area contributed by atoms with Crippen molar-refractivity contribution >= 4 is 23.5 Å². The SMILES string of the molecule is CC(C)Nc1ccc(NC(=O)/C=C/c2ccc(OCc3ccccc3)cc2)cn1. The summed E-state index contributed by atoms with van der Waals surface area (Å²) in [6.45, 7) is 4.62. The number of rotatable bonds is 8. The van der Waals surface area contributed by atoms with E-state index in [-0.39, 0.29) is 5.91 Å². The van der Waals surface area contributed by atoms with E-state index in [9.17, 15) is 4.79 Å². The number of ether oxygens (including phenoxy) is 1. The minimum absolute atomic E-state index is 0.208. The Balaban J connectivity index is 1.49. The van der Waals surface area contributed by atoms with Crippen molar-refractivity contribution in [2.75, 3.05) is 10.6 Å². The van der Waals surface area contributed by atoms with E-state index < -0.39 is 0 Å². The number of hydrogen-bond donors (Lipinski definition) is 2. The minimum atomic E-state index is -0.208. The average Bonchev–Trinajstić information content (AvgIpc) is 2.73. The van der Waals surface area contributed by atoms with Gasteiger partial charge in [0, 0.05) is 12.1 Å². The quantitative estimate of drug-likeness (QED) is 0.526. The van der Waals surface area contributed by atoms with Gasteiger partial charge in [0.05, 0.1) is 11.9 Å². The monoisotopic (exact) mass is 387 g/mol. The lowest BCUT2D eigenvalue weighted by molar-refractivity contribution is -0.111. The summed E-state index contributed by atoms with van der Waals surface area (Å²) in [4.78, 5) is 16.4. The fourth-order valence-electron chi connectivity index (χ4n) is 2.62. The van der Waals surface area contributed by atoms with Gasteiger partial charge in [-0.05, 0) is 55.3 Å². The number of anilines is 2. The van der Waals surface area contributed by atoms with Crippen LogP contribution in [0, 0.1) is 0 Å². The van der Waals surface area contributed by atoms with Crippen LogP contribution < -0.4 is 15.4 Å². The van der Waals surface area contributed by atoms with Crippen LogP contribution >= 0.6 is 0 Å². The summed E-state index contributed by atoms with van der Waals surface area (Å²) < 4.78 is 5.77. The van der Waals surface area contributed by atoms with Crippen LogP contribution in [-0.4, -0.2) is 16.9 Å². The highest BCUT2D eigenvalue weighted by molar-refractivity contribution is 6.01. The number of amides is 1. The van der Waals surface area contributed by atoms with Gasteiger partial charge in [-0.15, -0.1) is 0 Å².